The third-order valence-electron chi connectivity index (χ3n) is 5.01. The first-order chi connectivity index (χ1) is 11.8. The van der Waals surface area contributed by atoms with Crippen molar-refractivity contribution >= 4 is 17.7 Å². The lowest BCUT2D eigenvalue weighted by Gasteiger charge is -2.21. The summed E-state index contributed by atoms with van der Waals surface area (Å²) in [5.74, 6) is 1.58. The van der Waals surface area contributed by atoms with Crippen LogP contribution in [0, 0.1) is 0 Å². The van der Waals surface area contributed by atoms with Gasteiger partial charge in [0.05, 0.1) is 5.69 Å². The highest BCUT2D eigenvalue weighted by atomic mass is 32.2. The second-order valence-corrected chi connectivity index (χ2v) is 8.37. The fourth-order valence-electron chi connectivity index (χ4n) is 3.64. The molecule has 6 heteroatoms. The number of nitrogens with one attached hydrogen (secondary N) is 2. The summed E-state index contributed by atoms with van der Waals surface area (Å²) >= 11 is 2.02. The van der Waals surface area contributed by atoms with E-state index in [9.17, 15) is 4.79 Å². The van der Waals surface area contributed by atoms with Gasteiger partial charge in [-0.15, -0.1) is 0 Å². The number of nitrogens with zero attached hydrogens (tertiary/aromatic N) is 2. The van der Waals surface area contributed by atoms with Crippen molar-refractivity contribution in [3.8, 4) is 0 Å². The number of carbonyl (C=O) groups is 1. The molecule has 2 fully saturated rings. The average molecular weight is 351 g/mol. The van der Waals surface area contributed by atoms with E-state index in [1.54, 1.807) is 4.68 Å². The third-order valence-corrected chi connectivity index (χ3v) is 6.39. The Morgan fingerprint density at radius 3 is 2.96 bits per heavy atom. The van der Waals surface area contributed by atoms with E-state index >= 15 is 0 Å². The van der Waals surface area contributed by atoms with E-state index in [2.05, 4.69) is 21.8 Å². The number of rotatable bonds is 7. The zero-order valence-corrected chi connectivity index (χ0v) is 15.3. The number of hydrogen-bond donors (Lipinski definition) is 2. The second kappa shape index (κ2) is 9.47. The van der Waals surface area contributed by atoms with Gasteiger partial charge in [0.2, 0.25) is 5.91 Å². The molecule has 1 aromatic rings. The minimum atomic E-state index is 0.0654. The first-order valence-corrected chi connectivity index (χ1v) is 10.5. The Balaban J connectivity index is 1.33. The lowest BCUT2D eigenvalue weighted by Crippen LogP contribution is -2.30. The zero-order valence-electron chi connectivity index (χ0n) is 14.5. The van der Waals surface area contributed by atoms with Gasteiger partial charge in [-0.25, -0.2) is 0 Å². The molecule has 1 saturated heterocycles. The first kappa shape index (κ1) is 17.8. The van der Waals surface area contributed by atoms with Crippen LogP contribution in [0.1, 0.15) is 56.6 Å². The summed E-state index contributed by atoms with van der Waals surface area (Å²) in [5, 5.41) is 11.8. The standard InChI is InChI=1S/C18H30N4OS/c23-18(20-10-12-24-16-6-2-1-3-7-16)14-22-11-8-17(21-22)15-5-4-9-19-13-15/h8,11,15-16,19H,1-7,9-10,12-14H2,(H,20,23)/t15-/m1/s1. The van der Waals surface area contributed by atoms with Crippen molar-refractivity contribution in [3.05, 3.63) is 18.0 Å². The summed E-state index contributed by atoms with van der Waals surface area (Å²) in [6.07, 6.45) is 11.2. The van der Waals surface area contributed by atoms with Crippen molar-refractivity contribution < 1.29 is 4.79 Å². The lowest BCUT2D eigenvalue weighted by atomic mass is 9.97. The van der Waals surface area contributed by atoms with Crippen molar-refractivity contribution in [2.75, 3.05) is 25.4 Å². The summed E-state index contributed by atoms with van der Waals surface area (Å²) in [6, 6.07) is 2.06. The van der Waals surface area contributed by atoms with Crippen LogP contribution in [0.3, 0.4) is 0 Å². The maximum absolute atomic E-state index is 12.1. The number of thioether (sulfide) groups is 1. The molecule has 2 aliphatic rings. The third kappa shape index (κ3) is 5.52. The van der Waals surface area contributed by atoms with E-state index < -0.39 is 0 Å². The van der Waals surface area contributed by atoms with E-state index in [0.717, 1.165) is 36.3 Å². The van der Waals surface area contributed by atoms with Gasteiger partial charge in [-0.2, -0.15) is 16.9 Å². The highest BCUT2D eigenvalue weighted by Crippen LogP contribution is 2.27. The number of aromatic nitrogens is 2. The molecule has 2 heterocycles. The fraction of sp³-hybridized carbons (Fsp3) is 0.778. The Morgan fingerprint density at radius 2 is 2.17 bits per heavy atom. The van der Waals surface area contributed by atoms with Crippen LogP contribution in [-0.4, -0.2) is 46.3 Å². The van der Waals surface area contributed by atoms with Gasteiger partial charge in [0.1, 0.15) is 6.54 Å². The van der Waals surface area contributed by atoms with Gasteiger partial charge in [-0.05, 0) is 38.3 Å². The molecule has 1 aliphatic heterocycles. The van der Waals surface area contributed by atoms with Crippen LogP contribution in [-0.2, 0) is 11.3 Å². The molecule has 1 aliphatic carbocycles. The number of hydrogen-bond acceptors (Lipinski definition) is 4. The van der Waals surface area contributed by atoms with Gasteiger partial charge >= 0.3 is 0 Å². The van der Waals surface area contributed by atoms with Gasteiger partial charge < -0.3 is 10.6 Å². The molecule has 3 rings (SSSR count). The molecule has 0 unspecified atom stereocenters. The van der Waals surface area contributed by atoms with Crippen LogP contribution in [0.2, 0.25) is 0 Å². The maximum atomic E-state index is 12.1. The van der Waals surface area contributed by atoms with Gasteiger partial charge in [0, 0.05) is 36.2 Å². The summed E-state index contributed by atoms with van der Waals surface area (Å²) in [4.78, 5) is 12.1. The molecular formula is C18H30N4OS. The largest absolute Gasteiger partial charge is 0.354 e. The number of piperidine rings is 1. The van der Waals surface area contributed by atoms with Crippen LogP contribution in [0.5, 0.6) is 0 Å². The molecule has 1 aromatic heterocycles. The van der Waals surface area contributed by atoms with Crippen molar-refractivity contribution in [3.63, 3.8) is 0 Å². The Morgan fingerprint density at radius 1 is 1.29 bits per heavy atom. The van der Waals surface area contributed by atoms with Crippen LogP contribution in [0.4, 0.5) is 0 Å². The summed E-state index contributed by atoms with van der Waals surface area (Å²) in [6.45, 7) is 3.20. The minimum absolute atomic E-state index is 0.0654. The van der Waals surface area contributed by atoms with Gasteiger partial charge in [-0.3, -0.25) is 9.48 Å². The van der Waals surface area contributed by atoms with Crippen molar-refractivity contribution in [2.24, 2.45) is 0 Å². The monoisotopic (exact) mass is 350 g/mol. The molecule has 0 bridgehead atoms. The van der Waals surface area contributed by atoms with E-state index in [1.165, 1.54) is 44.9 Å². The predicted molar refractivity (Wildman–Crippen MR) is 99.4 cm³/mol. The highest BCUT2D eigenvalue weighted by Gasteiger charge is 2.18. The smallest absolute Gasteiger partial charge is 0.241 e. The topological polar surface area (TPSA) is 59.0 Å². The Kier molecular flexibility index (Phi) is 7.02. The maximum Gasteiger partial charge on any atom is 0.241 e. The van der Waals surface area contributed by atoms with Crippen molar-refractivity contribution in [2.45, 2.75) is 62.7 Å². The average Bonchev–Trinajstić information content (AvgIpc) is 3.09. The quantitative estimate of drug-likeness (QED) is 0.742. The molecule has 0 aromatic carbocycles. The van der Waals surface area contributed by atoms with Gasteiger partial charge in [0.15, 0.2) is 0 Å². The molecule has 1 amide bonds. The molecule has 1 atom stereocenters. The molecule has 0 radical (unpaired) electrons. The summed E-state index contributed by atoms with van der Waals surface area (Å²) in [5.41, 5.74) is 1.11. The Labute approximate surface area is 149 Å². The van der Waals surface area contributed by atoms with Crippen LogP contribution in [0.15, 0.2) is 12.3 Å². The van der Waals surface area contributed by atoms with Crippen molar-refractivity contribution in [1.82, 2.24) is 20.4 Å². The summed E-state index contributed by atoms with van der Waals surface area (Å²) in [7, 11) is 0. The predicted octanol–water partition coefficient (Wildman–Crippen LogP) is 2.53. The molecule has 0 spiro atoms. The van der Waals surface area contributed by atoms with Crippen molar-refractivity contribution in [1.29, 1.82) is 0 Å². The SMILES string of the molecule is O=C(Cn1ccc([C@@H]2CCCNC2)n1)NCCSC1CCCCC1. The van der Waals surface area contributed by atoms with Crippen LogP contribution in [0.25, 0.3) is 0 Å². The zero-order chi connectivity index (χ0) is 16.6. The molecule has 5 nitrogen and oxygen atoms in total. The first-order valence-electron chi connectivity index (χ1n) is 9.43. The minimum Gasteiger partial charge on any atom is -0.354 e. The molecule has 1 saturated carbocycles. The lowest BCUT2D eigenvalue weighted by molar-refractivity contribution is -0.121. The van der Waals surface area contributed by atoms with E-state index in [0.29, 0.717) is 12.5 Å². The molecule has 2 N–H and O–H groups in total. The highest BCUT2D eigenvalue weighted by molar-refractivity contribution is 7.99. The summed E-state index contributed by atoms with van der Waals surface area (Å²) < 4.78 is 1.77. The molecule has 134 valence electrons. The van der Waals surface area contributed by atoms with E-state index in [-0.39, 0.29) is 5.91 Å². The Hall–Kier alpha value is -1.01. The van der Waals surface area contributed by atoms with Gasteiger partial charge in [-0.1, -0.05) is 19.3 Å². The molecular weight excluding hydrogens is 320 g/mol. The fourth-order valence-corrected chi connectivity index (χ4v) is 4.86. The second-order valence-electron chi connectivity index (χ2n) is 6.96. The van der Waals surface area contributed by atoms with E-state index in [4.69, 9.17) is 0 Å². The van der Waals surface area contributed by atoms with Crippen LogP contribution < -0.4 is 10.6 Å². The van der Waals surface area contributed by atoms with Crippen LogP contribution >= 0.6 is 11.8 Å². The number of carbonyl (C=O) groups excluding carboxylic acids is 1. The Bertz CT molecular complexity index is 507. The van der Waals surface area contributed by atoms with Gasteiger partial charge in [0.25, 0.3) is 0 Å². The number of amides is 1. The van der Waals surface area contributed by atoms with E-state index in [1.807, 2.05) is 18.0 Å². The molecule has 24 heavy (non-hydrogen) atoms. The normalized spacial score (nSPS) is 22.4.